The standard InChI is InChI=1S/C18H16FN5O4/c1-10-2-3-11(8-14(10)19)17(25)20-6-7-21-18(26)16-13-9-12(24(27)28)4-5-15(13)22-23-16/h2-5,8-9H,6-7H2,1H3,(H,20,25)(H,21,26)(H,22,23). The second-order valence-corrected chi connectivity index (χ2v) is 6.03. The van der Waals surface area contributed by atoms with Gasteiger partial charge in [0.15, 0.2) is 5.69 Å². The molecular weight excluding hydrogens is 369 g/mol. The zero-order valence-corrected chi connectivity index (χ0v) is 14.8. The van der Waals surface area contributed by atoms with Gasteiger partial charge in [0.05, 0.1) is 10.4 Å². The van der Waals surface area contributed by atoms with E-state index in [0.717, 1.165) is 6.07 Å². The Morgan fingerprint density at radius 2 is 1.86 bits per heavy atom. The molecule has 0 saturated carbocycles. The molecule has 0 aliphatic carbocycles. The third kappa shape index (κ3) is 3.95. The fraction of sp³-hybridized carbons (Fsp3) is 0.167. The Morgan fingerprint density at radius 3 is 2.54 bits per heavy atom. The monoisotopic (exact) mass is 385 g/mol. The van der Waals surface area contributed by atoms with Crippen LogP contribution in [-0.4, -0.2) is 40.0 Å². The van der Waals surface area contributed by atoms with Gasteiger partial charge in [0.1, 0.15) is 5.82 Å². The average Bonchev–Trinajstić information content (AvgIpc) is 3.10. The molecule has 3 rings (SSSR count). The lowest BCUT2D eigenvalue weighted by Gasteiger charge is -2.07. The van der Waals surface area contributed by atoms with Crippen LogP contribution in [0, 0.1) is 22.9 Å². The highest BCUT2D eigenvalue weighted by molar-refractivity contribution is 6.05. The number of nitro groups is 1. The highest BCUT2D eigenvalue weighted by Crippen LogP contribution is 2.21. The van der Waals surface area contributed by atoms with Gasteiger partial charge < -0.3 is 10.6 Å². The summed E-state index contributed by atoms with van der Waals surface area (Å²) >= 11 is 0. The SMILES string of the molecule is Cc1ccc(C(=O)NCCNC(=O)c2n[nH]c3ccc([N+](=O)[O-])cc23)cc1F. The van der Waals surface area contributed by atoms with E-state index in [2.05, 4.69) is 20.8 Å². The summed E-state index contributed by atoms with van der Waals surface area (Å²) in [4.78, 5) is 34.6. The van der Waals surface area contributed by atoms with Gasteiger partial charge in [0.2, 0.25) is 0 Å². The molecule has 0 spiro atoms. The summed E-state index contributed by atoms with van der Waals surface area (Å²) in [5.74, 6) is -1.48. The molecule has 0 aliphatic rings. The van der Waals surface area contributed by atoms with E-state index in [1.165, 1.54) is 30.3 Å². The van der Waals surface area contributed by atoms with Crippen molar-refractivity contribution in [3.05, 3.63) is 69.2 Å². The molecule has 3 N–H and O–H groups in total. The number of benzene rings is 2. The number of nitrogens with zero attached hydrogens (tertiary/aromatic N) is 2. The maximum absolute atomic E-state index is 13.5. The predicted molar refractivity (Wildman–Crippen MR) is 98.6 cm³/mol. The van der Waals surface area contributed by atoms with Crippen molar-refractivity contribution in [2.24, 2.45) is 0 Å². The van der Waals surface area contributed by atoms with Gasteiger partial charge in [0, 0.05) is 36.2 Å². The van der Waals surface area contributed by atoms with Gasteiger partial charge in [-0.25, -0.2) is 4.39 Å². The molecule has 9 nitrogen and oxygen atoms in total. The number of hydrogen-bond donors (Lipinski definition) is 3. The van der Waals surface area contributed by atoms with Gasteiger partial charge in [-0.05, 0) is 30.7 Å². The van der Waals surface area contributed by atoms with Crippen LogP contribution in [0.2, 0.25) is 0 Å². The van der Waals surface area contributed by atoms with Crippen LogP contribution in [0.1, 0.15) is 26.4 Å². The molecule has 0 aliphatic heterocycles. The van der Waals surface area contributed by atoms with Crippen molar-refractivity contribution in [3.8, 4) is 0 Å². The first kappa shape index (κ1) is 19.0. The molecule has 10 heteroatoms. The Bertz CT molecular complexity index is 1080. The van der Waals surface area contributed by atoms with Crippen molar-refractivity contribution in [1.82, 2.24) is 20.8 Å². The highest BCUT2D eigenvalue weighted by atomic mass is 19.1. The number of aryl methyl sites for hydroxylation is 1. The number of carbonyl (C=O) groups excluding carboxylic acids is 2. The molecule has 0 unspecified atom stereocenters. The number of non-ortho nitro benzene ring substituents is 1. The van der Waals surface area contributed by atoms with E-state index in [9.17, 15) is 24.1 Å². The number of aromatic nitrogens is 2. The first-order chi connectivity index (χ1) is 13.4. The van der Waals surface area contributed by atoms with Crippen molar-refractivity contribution in [3.63, 3.8) is 0 Å². The van der Waals surface area contributed by atoms with E-state index in [-0.39, 0.29) is 30.0 Å². The normalized spacial score (nSPS) is 10.6. The van der Waals surface area contributed by atoms with Crippen molar-refractivity contribution in [1.29, 1.82) is 0 Å². The Hall–Kier alpha value is -3.82. The van der Waals surface area contributed by atoms with Gasteiger partial charge in [-0.3, -0.25) is 24.8 Å². The molecule has 1 aromatic heterocycles. The quantitative estimate of drug-likeness (QED) is 0.340. The van der Waals surface area contributed by atoms with Gasteiger partial charge in [-0.15, -0.1) is 0 Å². The van der Waals surface area contributed by atoms with Crippen LogP contribution in [0.25, 0.3) is 10.9 Å². The maximum Gasteiger partial charge on any atom is 0.272 e. The zero-order valence-electron chi connectivity index (χ0n) is 14.8. The van der Waals surface area contributed by atoms with Crippen LogP contribution >= 0.6 is 0 Å². The highest BCUT2D eigenvalue weighted by Gasteiger charge is 2.17. The topological polar surface area (TPSA) is 130 Å². The summed E-state index contributed by atoms with van der Waals surface area (Å²) in [6.45, 7) is 1.81. The smallest absolute Gasteiger partial charge is 0.272 e. The largest absolute Gasteiger partial charge is 0.350 e. The molecule has 2 amide bonds. The Balaban J connectivity index is 1.58. The van der Waals surface area contributed by atoms with E-state index in [1.54, 1.807) is 6.92 Å². The third-order valence-electron chi connectivity index (χ3n) is 4.10. The number of nitro benzene ring substituents is 1. The number of amides is 2. The zero-order chi connectivity index (χ0) is 20.3. The van der Waals surface area contributed by atoms with Crippen LogP contribution < -0.4 is 10.6 Å². The minimum Gasteiger partial charge on any atom is -0.350 e. The van der Waals surface area contributed by atoms with Crippen LogP contribution in [0.5, 0.6) is 0 Å². The minimum absolute atomic E-state index is 0.0191. The maximum atomic E-state index is 13.5. The Labute approximate surface area is 158 Å². The van der Waals surface area contributed by atoms with Crippen molar-refractivity contribution >= 4 is 28.4 Å². The molecule has 0 radical (unpaired) electrons. The van der Waals surface area contributed by atoms with Crippen LogP contribution in [0.4, 0.5) is 10.1 Å². The molecule has 1 heterocycles. The van der Waals surface area contributed by atoms with Gasteiger partial charge >= 0.3 is 0 Å². The summed E-state index contributed by atoms with van der Waals surface area (Å²) in [6, 6.07) is 8.21. The van der Waals surface area contributed by atoms with E-state index in [1.807, 2.05) is 0 Å². The molecule has 0 saturated heterocycles. The van der Waals surface area contributed by atoms with E-state index in [0.29, 0.717) is 16.5 Å². The lowest BCUT2D eigenvalue weighted by atomic mass is 10.1. The summed E-state index contributed by atoms with van der Waals surface area (Å²) in [7, 11) is 0. The summed E-state index contributed by atoms with van der Waals surface area (Å²) in [6.07, 6.45) is 0. The van der Waals surface area contributed by atoms with E-state index in [4.69, 9.17) is 0 Å². The van der Waals surface area contributed by atoms with Gasteiger partial charge in [-0.2, -0.15) is 5.10 Å². The fourth-order valence-electron chi connectivity index (χ4n) is 2.56. The molecule has 144 valence electrons. The average molecular weight is 385 g/mol. The molecule has 0 bridgehead atoms. The lowest BCUT2D eigenvalue weighted by Crippen LogP contribution is -2.35. The number of fused-ring (bicyclic) bond motifs is 1. The molecule has 2 aromatic carbocycles. The number of halogens is 1. The Morgan fingerprint density at radius 1 is 1.14 bits per heavy atom. The lowest BCUT2D eigenvalue weighted by molar-refractivity contribution is -0.384. The fourth-order valence-corrected chi connectivity index (χ4v) is 2.56. The van der Waals surface area contributed by atoms with Crippen molar-refractivity contribution in [2.45, 2.75) is 6.92 Å². The predicted octanol–water partition coefficient (Wildman–Crippen LogP) is 2.08. The number of nitrogens with one attached hydrogen (secondary N) is 3. The van der Waals surface area contributed by atoms with E-state index < -0.39 is 22.6 Å². The van der Waals surface area contributed by atoms with Crippen LogP contribution in [0.15, 0.2) is 36.4 Å². The van der Waals surface area contributed by atoms with Gasteiger partial charge in [0.25, 0.3) is 17.5 Å². The van der Waals surface area contributed by atoms with Crippen LogP contribution in [0.3, 0.4) is 0 Å². The number of carbonyl (C=O) groups is 2. The summed E-state index contributed by atoms with van der Waals surface area (Å²) < 4.78 is 13.5. The number of H-pyrrole nitrogens is 1. The van der Waals surface area contributed by atoms with Crippen molar-refractivity contribution in [2.75, 3.05) is 13.1 Å². The number of hydrogen-bond acceptors (Lipinski definition) is 5. The van der Waals surface area contributed by atoms with E-state index >= 15 is 0 Å². The number of aromatic amines is 1. The Kier molecular flexibility index (Phi) is 5.30. The first-order valence-corrected chi connectivity index (χ1v) is 8.32. The number of rotatable bonds is 6. The first-order valence-electron chi connectivity index (χ1n) is 8.32. The minimum atomic E-state index is -0.558. The summed E-state index contributed by atoms with van der Waals surface area (Å²) in [5.41, 5.74) is 0.979. The van der Waals surface area contributed by atoms with Gasteiger partial charge in [-0.1, -0.05) is 6.07 Å². The molecule has 3 aromatic rings. The molecule has 0 atom stereocenters. The molecule has 0 fully saturated rings. The van der Waals surface area contributed by atoms with Crippen LogP contribution in [-0.2, 0) is 0 Å². The third-order valence-corrected chi connectivity index (χ3v) is 4.10. The van der Waals surface area contributed by atoms with Crippen molar-refractivity contribution < 1.29 is 18.9 Å². The molecule has 28 heavy (non-hydrogen) atoms. The molecular formula is C18H16FN5O4. The second kappa shape index (κ2) is 7.82. The summed E-state index contributed by atoms with van der Waals surface area (Å²) in [5, 5.41) is 22.9. The second-order valence-electron chi connectivity index (χ2n) is 6.03.